The van der Waals surface area contributed by atoms with Gasteiger partial charge in [0.2, 0.25) is 5.91 Å². The van der Waals surface area contributed by atoms with E-state index in [4.69, 9.17) is 9.72 Å². The number of anilines is 1. The Morgan fingerprint density at radius 1 is 1.15 bits per heavy atom. The van der Waals surface area contributed by atoms with Gasteiger partial charge in [-0.1, -0.05) is 36.4 Å². The van der Waals surface area contributed by atoms with E-state index in [9.17, 15) is 4.79 Å². The minimum atomic E-state index is -0.0732. The summed E-state index contributed by atoms with van der Waals surface area (Å²) in [5.41, 5.74) is 3.52. The number of hydrogen-bond donors (Lipinski definition) is 1. The van der Waals surface area contributed by atoms with E-state index in [1.54, 1.807) is 7.11 Å². The highest BCUT2D eigenvalue weighted by molar-refractivity contribution is 5.96. The molecule has 0 aliphatic carbocycles. The molecular weight excluding hydrogens is 338 g/mol. The van der Waals surface area contributed by atoms with Crippen molar-refractivity contribution in [3.63, 3.8) is 0 Å². The van der Waals surface area contributed by atoms with Crippen molar-refractivity contribution < 1.29 is 9.53 Å². The zero-order chi connectivity index (χ0) is 18.6. The van der Waals surface area contributed by atoms with E-state index < -0.39 is 0 Å². The van der Waals surface area contributed by atoms with Gasteiger partial charge in [-0.2, -0.15) is 0 Å². The molecule has 1 N–H and O–H groups in total. The van der Waals surface area contributed by atoms with Gasteiger partial charge in [0.1, 0.15) is 11.6 Å². The van der Waals surface area contributed by atoms with Crippen molar-refractivity contribution in [2.45, 2.75) is 32.2 Å². The summed E-state index contributed by atoms with van der Waals surface area (Å²) in [6, 6.07) is 15.4. The molecule has 5 heteroatoms. The van der Waals surface area contributed by atoms with Crippen molar-refractivity contribution in [2.75, 3.05) is 12.4 Å². The Morgan fingerprint density at radius 3 is 2.81 bits per heavy atom. The second kappa shape index (κ2) is 7.66. The van der Waals surface area contributed by atoms with Crippen molar-refractivity contribution in [3.05, 3.63) is 66.1 Å². The topological polar surface area (TPSA) is 56.1 Å². The lowest BCUT2D eigenvalue weighted by molar-refractivity contribution is -0.115. The van der Waals surface area contributed by atoms with Gasteiger partial charge in [0.05, 0.1) is 24.9 Å². The Morgan fingerprint density at radius 2 is 1.96 bits per heavy atom. The molecule has 27 heavy (non-hydrogen) atoms. The number of imidazole rings is 1. The number of fused-ring (bicyclic) bond motifs is 1. The third-order valence-corrected chi connectivity index (χ3v) is 4.93. The van der Waals surface area contributed by atoms with E-state index >= 15 is 0 Å². The number of amides is 1. The molecule has 1 aliphatic rings. The Kier molecular flexibility index (Phi) is 4.92. The molecule has 1 amide bonds. The lowest BCUT2D eigenvalue weighted by Gasteiger charge is -2.11. The predicted molar refractivity (Wildman–Crippen MR) is 106 cm³/mol. The van der Waals surface area contributed by atoms with Crippen LogP contribution < -0.4 is 10.1 Å². The van der Waals surface area contributed by atoms with Gasteiger partial charge in [-0.25, -0.2) is 4.98 Å². The molecule has 138 valence electrons. The fourth-order valence-corrected chi connectivity index (χ4v) is 3.57. The number of hydrogen-bond acceptors (Lipinski definition) is 3. The van der Waals surface area contributed by atoms with E-state index in [-0.39, 0.29) is 12.3 Å². The lowest BCUT2D eigenvalue weighted by atomic mass is 10.1. The fourth-order valence-electron chi connectivity index (χ4n) is 3.57. The quantitative estimate of drug-likeness (QED) is 0.745. The second-order valence-corrected chi connectivity index (χ2v) is 6.78. The van der Waals surface area contributed by atoms with Crippen LogP contribution in [0.1, 0.15) is 24.2 Å². The third-order valence-electron chi connectivity index (χ3n) is 4.93. The van der Waals surface area contributed by atoms with E-state index in [0.717, 1.165) is 47.0 Å². The molecule has 3 aromatic rings. The summed E-state index contributed by atoms with van der Waals surface area (Å²) in [7, 11) is 1.62. The molecule has 0 unspecified atom stereocenters. The first-order chi connectivity index (χ1) is 13.2. The highest BCUT2D eigenvalue weighted by atomic mass is 16.5. The molecule has 0 saturated heterocycles. The fraction of sp³-hybridized carbons (Fsp3) is 0.273. The van der Waals surface area contributed by atoms with E-state index in [1.807, 2.05) is 48.5 Å². The Hall–Kier alpha value is -3.08. The molecule has 0 saturated carbocycles. The van der Waals surface area contributed by atoms with E-state index in [0.29, 0.717) is 0 Å². The Labute approximate surface area is 159 Å². The zero-order valence-corrected chi connectivity index (χ0v) is 15.4. The number of para-hydroxylation sites is 2. The summed E-state index contributed by atoms with van der Waals surface area (Å²) < 4.78 is 7.57. The summed E-state index contributed by atoms with van der Waals surface area (Å²) >= 11 is 0. The third kappa shape index (κ3) is 3.72. The van der Waals surface area contributed by atoms with Gasteiger partial charge >= 0.3 is 0 Å². The van der Waals surface area contributed by atoms with Crippen LogP contribution in [0.2, 0.25) is 0 Å². The van der Waals surface area contributed by atoms with Crippen molar-refractivity contribution in [1.82, 2.24) is 9.55 Å². The first kappa shape index (κ1) is 17.3. The van der Waals surface area contributed by atoms with Crippen molar-refractivity contribution in [1.29, 1.82) is 0 Å². The highest BCUT2D eigenvalue weighted by Crippen LogP contribution is 2.29. The maximum atomic E-state index is 12.6. The molecule has 5 nitrogen and oxygen atoms in total. The molecule has 2 aromatic carbocycles. The molecule has 0 spiro atoms. The number of nitrogens with one attached hydrogen (secondary N) is 1. The standard InChI is InChI=1S/C22H23N3O2/c1-27-20-11-5-2-8-16(20)14-22(26)24-18-10-4-3-9-17(18)19-15-25-13-7-6-12-21(25)23-19/h2-5,8-11,15H,6-7,12-14H2,1H3,(H,24,26). The summed E-state index contributed by atoms with van der Waals surface area (Å²) in [5.74, 6) is 1.78. The minimum absolute atomic E-state index is 0.0732. The number of aryl methyl sites for hydroxylation is 2. The highest BCUT2D eigenvalue weighted by Gasteiger charge is 2.16. The number of carbonyl (C=O) groups excluding carboxylic acids is 1. The Balaban J connectivity index is 1.56. The number of ether oxygens (including phenoxy) is 1. The van der Waals surface area contributed by atoms with Crippen LogP contribution >= 0.6 is 0 Å². The van der Waals surface area contributed by atoms with Gasteiger partial charge in [-0.15, -0.1) is 0 Å². The summed E-state index contributed by atoms with van der Waals surface area (Å²) in [6.45, 7) is 1.02. The van der Waals surface area contributed by atoms with Crippen LogP contribution in [0.5, 0.6) is 5.75 Å². The van der Waals surface area contributed by atoms with Crippen molar-refractivity contribution in [3.8, 4) is 17.0 Å². The van der Waals surface area contributed by atoms with Crippen LogP contribution in [0.15, 0.2) is 54.7 Å². The number of benzene rings is 2. The molecule has 2 heterocycles. The molecular formula is C22H23N3O2. The second-order valence-electron chi connectivity index (χ2n) is 6.78. The lowest BCUT2D eigenvalue weighted by Crippen LogP contribution is -2.15. The minimum Gasteiger partial charge on any atom is -0.496 e. The predicted octanol–water partition coefficient (Wildman–Crippen LogP) is 4.08. The van der Waals surface area contributed by atoms with Gasteiger partial charge in [0.25, 0.3) is 0 Å². The average Bonchev–Trinajstić information content (AvgIpc) is 3.13. The average molecular weight is 361 g/mol. The zero-order valence-electron chi connectivity index (χ0n) is 15.4. The van der Waals surface area contributed by atoms with Gasteiger partial charge in [-0.05, 0) is 25.0 Å². The maximum absolute atomic E-state index is 12.6. The van der Waals surface area contributed by atoms with Gasteiger partial charge in [0.15, 0.2) is 0 Å². The Bertz CT molecular complexity index is 938. The van der Waals surface area contributed by atoms with Gasteiger partial charge < -0.3 is 14.6 Å². The summed E-state index contributed by atoms with van der Waals surface area (Å²) in [6.07, 6.45) is 5.76. The summed E-state index contributed by atoms with van der Waals surface area (Å²) in [5, 5.41) is 3.05. The number of rotatable bonds is 5. The van der Waals surface area contributed by atoms with Crippen molar-refractivity contribution >= 4 is 11.6 Å². The SMILES string of the molecule is COc1ccccc1CC(=O)Nc1ccccc1-c1cn2c(n1)CCCC2. The molecule has 0 atom stereocenters. The van der Waals surface area contributed by atoms with Crippen molar-refractivity contribution in [2.24, 2.45) is 0 Å². The first-order valence-electron chi connectivity index (χ1n) is 9.32. The molecule has 0 fully saturated rings. The van der Waals surface area contributed by atoms with E-state index in [1.165, 1.54) is 12.8 Å². The first-order valence-corrected chi connectivity index (χ1v) is 9.32. The van der Waals surface area contributed by atoms with Gasteiger partial charge in [0, 0.05) is 30.3 Å². The smallest absolute Gasteiger partial charge is 0.228 e. The maximum Gasteiger partial charge on any atom is 0.228 e. The number of methoxy groups -OCH3 is 1. The number of aromatic nitrogens is 2. The number of carbonyl (C=O) groups is 1. The van der Waals surface area contributed by atoms with Gasteiger partial charge in [-0.3, -0.25) is 4.79 Å². The molecule has 1 aromatic heterocycles. The van der Waals surface area contributed by atoms with Crippen LogP contribution in [-0.4, -0.2) is 22.6 Å². The molecule has 1 aliphatic heterocycles. The largest absolute Gasteiger partial charge is 0.496 e. The van der Waals surface area contributed by atoms with E-state index in [2.05, 4.69) is 16.1 Å². The van der Waals surface area contributed by atoms with Crippen LogP contribution in [0.3, 0.4) is 0 Å². The number of nitrogens with zero attached hydrogens (tertiary/aromatic N) is 2. The van der Waals surface area contributed by atoms with Crippen LogP contribution in [-0.2, 0) is 24.2 Å². The van der Waals surface area contributed by atoms with Crippen LogP contribution in [0.25, 0.3) is 11.3 Å². The van der Waals surface area contributed by atoms with Crippen LogP contribution in [0, 0.1) is 0 Å². The molecule has 4 rings (SSSR count). The summed E-state index contributed by atoms with van der Waals surface area (Å²) in [4.78, 5) is 17.4. The molecule has 0 radical (unpaired) electrons. The monoisotopic (exact) mass is 361 g/mol. The normalized spacial score (nSPS) is 13.1. The molecule has 0 bridgehead atoms. The van der Waals surface area contributed by atoms with Crippen LogP contribution in [0.4, 0.5) is 5.69 Å².